The summed E-state index contributed by atoms with van der Waals surface area (Å²) in [4.78, 5) is 26.5. The van der Waals surface area contributed by atoms with Gasteiger partial charge in [0.2, 0.25) is 0 Å². The molecule has 2 aliphatic heterocycles. The Morgan fingerprint density at radius 3 is 2.63 bits per heavy atom. The van der Waals surface area contributed by atoms with Gasteiger partial charge in [0.25, 0.3) is 0 Å². The van der Waals surface area contributed by atoms with Crippen LogP contribution in [0.25, 0.3) is 0 Å². The molecule has 5 rings (SSSR count). The van der Waals surface area contributed by atoms with Gasteiger partial charge in [0.1, 0.15) is 11.5 Å². The van der Waals surface area contributed by atoms with Gasteiger partial charge in [-0.25, -0.2) is 0 Å². The van der Waals surface area contributed by atoms with Gasteiger partial charge in [0.05, 0.1) is 19.3 Å². The Bertz CT molecular complexity index is 704. The summed E-state index contributed by atoms with van der Waals surface area (Å²) in [6.45, 7) is 4.00. The number of fused-ring (bicyclic) bond motifs is 1. The lowest BCUT2D eigenvalue weighted by atomic mass is 9.43. The summed E-state index contributed by atoms with van der Waals surface area (Å²) >= 11 is 0. The number of ether oxygens (including phenoxy) is 2. The summed E-state index contributed by atoms with van der Waals surface area (Å²) in [5.41, 5.74) is -2.48. The number of aliphatic hydroxyl groups is 3. The Labute approximate surface area is 158 Å². The van der Waals surface area contributed by atoms with Gasteiger partial charge in [0, 0.05) is 23.2 Å². The number of Topliss-reactive ketones (excluding diaryl/α,β-unsaturated/α-hetero) is 1. The molecule has 0 aromatic carbocycles. The molecule has 5 fully saturated rings. The molecule has 2 spiro atoms. The third kappa shape index (κ3) is 1.87. The van der Waals surface area contributed by atoms with Crippen LogP contribution in [0.4, 0.5) is 0 Å². The van der Waals surface area contributed by atoms with Crippen molar-refractivity contribution >= 4 is 11.8 Å². The van der Waals surface area contributed by atoms with Crippen LogP contribution in [0.2, 0.25) is 0 Å². The number of aliphatic hydroxyl groups excluding tert-OH is 3. The number of carbonyl (C=O) groups excluding carboxylic acids is 2. The van der Waals surface area contributed by atoms with Crippen molar-refractivity contribution in [1.29, 1.82) is 0 Å². The Hall–Kier alpha value is -1.02. The topological polar surface area (TPSA) is 113 Å². The van der Waals surface area contributed by atoms with E-state index in [-0.39, 0.29) is 36.2 Å². The first kappa shape index (κ1) is 18.0. The van der Waals surface area contributed by atoms with Gasteiger partial charge >= 0.3 is 5.97 Å². The Kier molecular flexibility index (Phi) is 3.55. The first-order valence-corrected chi connectivity index (χ1v) is 10.0. The first-order valence-electron chi connectivity index (χ1n) is 10.0. The number of hydrogen-bond donors (Lipinski definition) is 3. The van der Waals surface area contributed by atoms with Crippen molar-refractivity contribution in [1.82, 2.24) is 0 Å². The second-order valence-electron chi connectivity index (χ2n) is 10.1. The predicted octanol–water partition coefficient (Wildman–Crippen LogP) is 0.248. The Morgan fingerprint density at radius 2 is 1.93 bits per heavy atom. The van der Waals surface area contributed by atoms with Crippen LogP contribution in [0, 0.1) is 39.9 Å². The average Bonchev–Trinajstić information content (AvgIpc) is 3.05. The van der Waals surface area contributed by atoms with Crippen molar-refractivity contribution in [2.45, 2.75) is 58.0 Å². The van der Waals surface area contributed by atoms with Gasteiger partial charge in [-0.05, 0) is 37.0 Å². The van der Waals surface area contributed by atoms with E-state index in [4.69, 9.17) is 9.47 Å². The number of esters is 1. The average molecular weight is 380 g/mol. The third-order valence-electron chi connectivity index (χ3n) is 8.64. The van der Waals surface area contributed by atoms with Gasteiger partial charge in [-0.1, -0.05) is 13.8 Å². The number of ketones is 1. The highest BCUT2D eigenvalue weighted by Crippen LogP contribution is 2.71. The highest BCUT2D eigenvalue weighted by atomic mass is 16.6. The van der Waals surface area contributed by atoms with Gasteiger partial charge in [-0.2, -0.15) is 0 Å². The van der Waals surface area contributed by atoms with Crippen molar-refractivity contribution in [3.8, 4) is 0 Å². The van der Waals surface area contributed by atoms with E-state index in [1.807, 2.05) is 0 Å². The standard InChI is InChI=1S/C20H28O7/c1-18(2)4-3-12-20(8-26-16(24)14(18)20)13-11(22)5-9-6-19(13,17(25)27-12)15(23)10(9)7-21/h9-14,16,21-22,24H,3-8H2,1-2H3/t9-,10-,11+,12+,13-,14-,16-,19+,20+/m1/s1. The minimum atomic E-state index is -1.43. The van der Waals surface area contributed by atoms with Crippen LogP contribution in [0.1, 0.15) is 39.5 Å². The third-order valence-corrected chi connectivity index (χ3v) is 8.64. The summed E-state index contributed by atoms with van der Waals surface area (Å²) in [6, 6.07) is 0. The van der Waals surface area contributed by atoms with E-state index in [2.05, 4.69) is 13.8 Å². The molecular weight excluding hydrogens is 352 g/mol. The highest BCUT2D eigenvalue weighted by Gasteiger charge is 2.79. The minimum Gasteiger partial charge on any atom is -0.461 e. The smallest absolute Gasteiger partial charge is 0.320 e. The number of rotatable bonds is 1. The molecule has 3 aliphatic carbocycles. The molecule has 0 amide bonds. The number of carbonyl (C=O) groups is 2. The molecule has 3 N–H and O–H groups in total. The summed E-state index contributed by atoms with van der Waals surface area (Å²) < 4.78 is 11.6. The summed E-state index contributed by atoms with van der Waals surface area (Å²) in [5, 5.41) is 31.7. The van der Waals surface area contributed by atoms with E-state index >= 15 is 0 Å². The molecule has 2 heterocycles. The Morgan fingerprint density at radius 1 is 1.19 bits per heavy atom. The second kappa shape index (κ2) is 5.32. The monoisotopic (exact) mass is 380 g/mol. The fraction of sp³-hybridized carbons (Fsp3) is 0.900. The second-order valence-corrected chi connectivity index (χ2v) is 10.1. The van der Waals surface area contributed by atoms with Crippen LogP contribution in [0.15, 0.2) is 0 Å². The van der Waals surface area contributed by atoms with Crippen molar-refractivity contribution in [2.75, 3.05) is 13.2 Å². The van der Waals surface area contributed by atoms with E-state index in [0.29, 0.717) is 19.3 Å². The van der Waals surface area contributed by atoms with Crippen LogP contribution >= 0.6 is 0 Å². The number of hydrogen-bond acceptors (Lipinski definition) is 7. The van der Waals surface area contributed by atoms with Gasteiger partial charge in [-0.15, -0.1) is 0 Å². The van der Waals surface area contributed by atoms with Crippen LogP contribution in [-0.4, -0.2) is 58.8 Å². The molecule has 3 saturated carbocycles. The van der Waals surface area contributed by atoms with Crippen molar-refractivity contribution in [2.24, 2.45) is 39.9 Å². The normalized spacial score (nSPS) is 55.5. The molecular formula is C20H28O7. The highest BCUT2D eigenvalue weighted by molar-refractivity contribution is 6.08. The molecule has 7 heteroatoms. The van der Waals surface area contributed by atoms with Crippen molar-refractivity contribution in [3.05, 3.63) is 0 Å². The SMILES string of the molecule is CC1(C)CC[C@@H]2OC(=O)[C@@]34C[C@@H](C[C@H](O)[C@H]3[C@]23CO[C@@H](O)[C@H]13)[C@@H](CO)C4=O. The van der Waals surface area contributed by atoms with Crippen molar-refractivity contribution in [3.63, 3.8) is 0 Å². The molecule has 9 atom stereocenters. The lowest BCUT2D eigenvalue weighted by Crippen LogP contribution is -2.70. The van der Waals surface area contributed by atoms with E-state index in [0.717, 1.165) is 6.42 Å². The lowest BCUT2D eigenvalue weighted by Gasteiger charge is -2.62. The Balaban J connectivity index is 1.72. The van der Waals surface area contributed by atoms with Crippen LogP contribution < -0.4 is 0 Å². The van der Waals surface area contributed by atoms with E-state index in [1.165, 1.54) is 0 Å². The van der Waals surface area contributed by atoms with E-state index in [1.54, 1.807) is 0 Å². The fourth-order valence-electron chi connectivity index (χ4n) is 7.77. The predicted molar refractivity (Wildman–Crippen MR) is 91.0 cm³/mol. The van der Waals surface area contributed by atoms with Crippen LogP contribution in [0.3, 0.4) is 0 Å². The van der Waals surface area contributed by atoms with Gasteiger partial charge in [0.15, 0.2) is 12.1 Å². The lowest BCUT2D eigenvalue weighted by molar-refractivity contribution is -0.251. The molecule has 150 valence electrons. The van der Waals surface area contributed by atoms with Crippen LogP contribution in [0.5, 0.6) is 0 Å². The molecule has 2 saturated heterocycles. The van der Waals surface area contributed by atoms with E-state index in [9.17, 15) is 24.9 Å². The zero-order valence-electron chi connectivity index (χ0n) is 15.8. The largest absolute Gasteiger partial charge is 0.461 e. The summed E-state index contributed by atoms with van der Waals surface area (Å²) in [6.07, 6.45) is -0.238. The van der Waals surface area contributed by atoms with Gasteiger partial charge < -0.3 is 24.8 Å². The maximum absolute atomic E-state index is 13.4. The zero-order valence-corrected chi connectivity index (χ0v) is 15.8. The van der Waals surface area contributed by atoms with Gasteiger partial charge in [-0.3, -0.25) is 9.59 Å². The molecule has 0 unspecified atom stereocenters. The molecule has 27 heavy (non-hydrogen) atoms. The molecule has 7 nitrogen and oxygen atoms in total. The van der Waals surface area contributed by atoms with Crippen molar-refractivity contribution < 1.29 is 34.4 Å². The molecule has 0 radical (unpaired) electrons. The van der Waals surface area contributed by atoms with E-state index < -0.39 is 47.1 Å². The van der Waals surface area contributed by atoms with Crippen LogP contribution in [-0.2, 0) is 19.1 Å². The maximum Gasteiger partial charge on any atom is 0.320 e. The molecule has 5 aliphatic rings. The summed E-state index contributed by atoms with van der Waals surface area (Å²) in [7, 11) is 0. The molecule has 0 aromatic heterocycles. The minimum absolute atomic E-state index is 0.172. The molecule has 0 aromatic rings. The zero-order chi connectivity index (χ0) is 19.4. The first-order chi connectivity index (χ1) is 12.7. The summed E-state index contributed by atoms with van der Waals surface area (Å²) in [5.74, 6) is -2.65. The quantitative estimate of drug-likeness (QED) is 0.441. The maximum atomic E-state index is 13.4. The molecule has 2 bridgehead atoms. The fourth-order valence-corrected chi connectivity index (χ4v) is 7.77.